The molecule has 0 aromatic carbocycles. The van der Waals surface area contributed by atoms with Crippen molar-refractivity contribution in [3.8, 4) is 0 Å². The highest BCUT2D eigenvalue weighted by molar-refractivity contribution is 7.79. The molecule has 2 amide bonds. The molecule has 1 rings (SSSR count). The first-order chi connectivity index (χ1) is 13.6. The Morgan fingerprint density at radius 3 is 2.18 bits per heavy atom. The van der Waals surface area contributed by atoms with Gasteiger partial charge in [0, 0.05) is 19.5 Å². The summed E-state index contributed by atoms with van der Waals surface area (Å²) in [6.07, 6.45) is 15.4. The highest BCUT2D eigenvalue weighted by Crippen LogP contribution is 2.09. The van der Waals surface area contributed by atoms with Gasteiger partial charge in [0.05, 0.1) is 0 Å². The molecule has 0 radical (unpaired) electrons. The van der Waals surface area contributed by atoms with Crippen molar-refractivity contribution in [3.63, 3.8) is 0 Å². The van der Waals surface area contributed by atoms with E-state index in [-0.39, 0.29) is 0 Å². The predicted octanol–water partition coefficient (Wildman–Crippen LogP) is 2.60. The fraction of sp³-hybridized carbons (Fsp3) is 0.737. The van der Waals surface area contributed by atoms with Gasteiger partial charge in [-0.1, -0.05) is 38.3 Å². The quantitative estimate of drug-likeness (QED) is 0.217. The van der Waals surface area contributed by atoms with Gasteiger partial charge in [0.25, 0.3) is 0 Å². The van der Waals surface area contributed by atoms with Crippen molar-refractivity contribution in [1.82, 2.24) is 16.1 Å². The number of hydrogen-bond acceptors (Lipinski definition) is 5. The summed E-state index contributed by atoms with van der Waals surface area (Å²) < 4.78 is 19.3. The second kappa shape index (κ2) is 16.2. The number of amides is 2. The van der Waals surface area contributed by atoms with Gasteiger partial charge in [-0.15, -0.1) is 4.40 Å². The van der Waals surface area contributed by atoms with Crippen LogP contribution in [0.4, 0.5) is 0 Å². The molecule has 0 spiro atoms. The number of nitrogens with one attached hydrogen (secondary N) is 3. The normalized spacial score (nSPS) is 16.0. The van der Waals surface area contributed by atoms with Crippen molar-refractivity contribution in [1.29, 1.82) is 0 Å². The molecule has 1 aliphatic heterocycles. The van der Waals surface area contributed by atoms with Crippen LogP contribution in [0.5, 0.6) is 0 Å². The van der Waals surface area contributed by atoms with Crippen LogP contribution < -0.4 is 16.1 Å². The molecule has 8 nitrogen and oxygen atoms in total. The van der Waals surface area contributed by atoms with Gasteiger partial charge in [0.15, 0.2) is 0 Å². The van der Waals surface area contributed by atoms with E-state index in [2.05, 4.69) is 36.9 Å². The van der Waals surface area contributed by atoms with Crippen LogP contribution in [0.3, 0.4) is 0 Å². The summed E-state index contributed by atoms with van der Waals surface area (Å²) in [6, 6.07) is 0. The molecule has 1 aliphatic rings. The van der Waals surface area contributed by atoms with E-state index < -0.39 is 23.1 Å². The van der Waals surface area contributed by atoms with Crippen molar-refractivity contribution in [2.75, 3.05) is 13.1 Å². The topological polar surface area (TPSA) is 109 Å². The maximum absolute atomic E-state index is 11.5. The predicted molar refractivity (Wildman–Crippen MR) is 111 cm³/mol. The van der Waals surface area contributed by atoms with Gasteiger partial charge in [0.1, 0.15) is 5.84 Å². The number of nitrogens with zero attached hydrogens (tertiary/aromatic N) is 1. The molecule has 1 heterocycles. The Balaban J connectivity index is 1.85. The average molecular weight is 415 g/mol. The van der Waals surface area contributed by atoms with E-state index >= 15 is 0 Å². The molecule has 9 heteroatoms. The van der Waals surface area contributed by atoms with Gasteiger partial charge in [-0.3, -0.25) is 9.59 Å². The van der Waals surface area contributed by atoms with Crippen LogP contribution in [-0.2, 0) is 25.1 Å². The third kappa shape index (κ3) is 12.6. The summed E-state index contributed by atoms with van der Waals surface area (Å²) in [7, 11) is 0. The van der Waals surface area contributed by atoms with Gasteiger partial charge < -0.3 is 10.6 Å². The summed E-state index contributed by atoms with van der Waals surface area (Å²) in [5, 5.41) is 5.25. The van der Waals surface area contributed by atoms with Crippen LogP contribution in [0.1, 0.15) is 77.6 Å². The monoisotopic (exact) mass is 414 g/mol. The molecule has 28 heavy (non-hydrogen) atoms. The third-order valence-corrected chi connectivity index (χ3v) is 4.82. The Kier molecular flexibility index (Phi) is 14.1. The standard InChI is InChI=1S/C19H34N4O4S/c1-2-3-15-20-18(24)19(25)21-16-13-11-9-7-5-4-6-8-10-12-14-17-22-27-28(26)23-17/h5,7H,2-4,6,8-16H2,1H3,(H,20,24)(H,21,25)(H,22,23)/b7-5-. The summed E-state index contributed by atoms with van der Waals surface area (Å²) in [4.78, 5) is 23.0. The number of amidine groups is 1. The van der Waals surface area contributed by atoms with E-state index in [1.807, 2.05) is 6.92 Å². The lowest BCUT2D eigenvalue weighted by Crippen LogP contribution is -2.40. The van der Waals surface area contributed by atoms with Crippen molar-refractivity contribution in [2.24, 2.45) is 4.40 Å². The highest BCUT2D eigenvalue weighted by Gasteiger charge is 2.12. The highest BCUT2D eigenvalue weighted by atomic mass is 32.2. The molecule has 0 aliphatic carbocycles. The largest absolute Gasteiger partial charge is 0.348 e. The maximum Gasteiger partial charge on any atom is 0.309 e. The van der Waals surface area contributed by atoms with Gasteiger partial charge >= 0.3 is 23.1 Å². The lowest BCUT2D eigenvalue weighted by molar-refractivity contribution is -0.139. The first-order valence-electron chi connectivity index (χ1n) is 10.3. The van der Waals surface area contributed by atoms with Crippen molar-refractivity contribution < 1.29 is 18.1 Å². The van der Waals surface area contributed by atoms with Crippen LogP contribution in [0.15, 0.2) is 16.5 Å². The number of carbonyl (C=O) groups is 2. The molecular weight excluding hydrogens is 380 g/mol. The van der Waals surface area contributed by atoms with Crippen molar-refractivity contribution >= 4 is 28.9 Å². The minimum absolute atomic E-state index is 0.534. The minimum atomic E-state index is -1.55. The molecule has 1 atom stereocenters. The molecule has 160 valence electrons. The number of unbranched alkanes of at least 4 members (excludes halogenated alkanes) is 7. The van der Waals surface area contributed by atoms with E-state index in [4.69, 9.17) is 0 Å². The number of allylic oxidation sites excluding steroid dienone is 2. The summed E-state index contributed by atoms with van der Waals surface area (Å²) in [6.45, 7) is 3.12. The maximum atomic E-state index is 11.5. The molecule has 0 saturated carbocycles. The van der Waals surface area contributed by atoms with E-state index in [0.717, 1.165) is 70.6 Å². The summed E-state index contributed by atoms with van der Waals surface area (Å²) in [5.74, 6) is -0.404. The van der Waals surface area contributed by atoms with Crippen LogP contribution >= 0.6 is 0 Å². The molecule has 3 N–H and O–H groups in total. The first kappa shape index (κ1) is 24.3. The Hall–Kier alpha value is -1.74. The molecule has 1 unspecified atom stereocenters. The molecule has 0 fully saturated rings. The van der Waals surface area contributed by atoms with Crippen LogP contribution in [0.25, 0.3) is 0 Å². The molecule has 0 aromatic heterocycles. The van der Waals surface area contributed by atoms with E-state index in [0.29, 0.717) is 18.9 Å². The second-order valence-electron chi connectivity index (χ2n) is 6.73. The lowest BCUT2D eigenvalue weighted by Gasteiger charge is -2.05. The number of rotatable bonds is 15. The summed E-state index contributed by atoms with van der Waals surface area (Å²) >= 11 is -1.55. The van der Waals surface area contributed by atoms with Gasteiger partial charge in [-0.05, 0) is 44.9 Å². The van der Waals surface area contributed by atoms with Crippen molar-refractivity contribution in [2.45, 2.75) is 77.6 Å². The third-order valence-electron chi connectivity index (χ3n) is 4.22. The molecule has 0 saturated heterocycles. The Labute approximate surface area is 170 Å². The lowest BCUT2D eigenvalue weighted by atomic mass is 10.1. The van der Waals surface area contributed by atoms with Crippen LogP contribution in [-0.4, -0.2) is 34.9 Å². The summed E-state index contributed by atoms with van der Waals surface area (Å²) in [5.41, 5.74) is 2.56. The zero-order valence-electron chi connectivity index (χ0n) is 16.8. The Bertz CT molecular complexity index is 552. The van der Waals surface area contributed by atoms with E-state index in [1.54, 1.807) is 0 Å². The molecular formula is C19H34N4O4S. The van der Waals surface area contributed by atoms with Gasteiger partial charge in [-0.25, -0.2) is 9.69 Å². The smallest absolute Gasteiger partial charge is 0.309 e. The van der Waals surface area contributed by atoms with Crippen molar-refractivity contribution in [3.05, 3.63) is 12.2 Å². The van der Waals surface area contributed by atoms with E-state index in [9.17, 15) is 13.8 Å². The SMILES string of the molecule is CCCCNC(=O)C(=O)NCCCC/C=C\CCCCCCC1=NS(=O)ON1. The van der Waals surface area contributed by atoms with Crippen LogP contribution in [0, 0.1) is 0 Å². The fourth-order valence-corrected chi connectivity index (χ4v) is 3.09. The average Bonchev–Trinajstić information content (AvgIpc) is 3.10. The van der Waals surface area contributed by atoms with E-state index in [1.165, 1.54) is 0 Å². The van der Waals surface area contributed by atoms with Gasteiger partial charge in [0.2, 0.25) is 0 Å². The zero-order valence-corrected chi connectivity index (χ0v) is 17.7. The molecule has 0 aromatic rings. The first-order valence-corrected chi connectivity index (χ1v) is 11.3. The number of carbonyl (C=O) groups excluding carboxylic acids is 2. The van der Waals surface area contributed by atoms with Gasteiger partial charge in [-0.2, -0.15) is 4.28 Å². The van der Waals surface area contributed by atoms with Crippen LogP contribution in [0.2, 0.25) is 0 Å². The zero-order chi connectivity index (χ0) is 20.5. The number of hydrogen-bond donors (Lipinski definition) is 3. The number of hydroxylamine groups is 1. The Morgan fingerprint density at radius 2 is 1.57 bits per heavy atom. The Morgan fingerprint density at radius 1 is 0.964 bits per heavy atom. The minimum Gasteiger partial charge on any atom is -0.348 e. The fourth-order valence-electron chi connectivity index (χ4n) is 2.58. The molecule has 0 bridgehead atoms. The second-order valence-corrected chi connectivity index (χ2v) is 7.51.